The number of thioether (sulfide) groups is 1. The number of carbonyl (C=O) groups excluding carboxylic acids is 1. The van der Waals surface area contributed by atoms with E-state index in [9.17, 15) is 4.79 Å². The lowest BCUT2D eigenvalue weighted by Crippen LogP contribution is -2.31. The van der Waals surface area contributed by atoms with Gasteiger partial charge in [-0.15, -0.1) is 0 Å². The van der Waals surface area contributed by atoms with Gasteiger partial charge in [0.25, 0.3) is 0 Å². The van der Waals surface area contributed by atoms with Gasteiger partial charge in [0, 0.05) is 5.75 Å². The molecule has 1 unspecified atom stereocenters. The average Bonchev–Trinajstić information content (AvgIpc) is 3.06. The number of nitrogens with one attached hydrogen (secondary N) is 1. The molecule has 4 nitrogen and oxygen atoms in total. The monoisotopic (exact) mass is 314 g/mol. The van der Waals surface area contributed by atoms with Crippen molar-refractivity contribution in [1.29, 1.82) is 0 Å². The Morgan fingerprint density at radius 1 is 1.27 bits per heavy atom. The summed E-state index contributed by atoms with van der Waals surface area (Å²) in [5.74, 6) is 1.56. The highest BCUT2D eigenvalue weighted by atomic mass is 32.2. The SMILES string of the molecule is COc1ccc2cc(C(C)C(=O)NC3=NCCS3)ccc2c1. The number of nitrogens with zero attached hydrogens (tertiary/aromatic N) is 1. The first-order valence-electron chi connectivity index (χ1n) is 7.23. The maximum absolute atomic E-state index is 12.3. The highest BCUT2D eigenvalue weighted by molar-refractivity contribution is 8.14. The summed E-state index contributed by atoms with van der Waals surface area (Å²) in [5, 5.41) is 5.84. The first-order chi connectivity index (χ1) is 10.7. The minimum atomic E-state index is -0.213. The molecule has 0 aromatic heterocycles. The van der Waals surface area contributed by atoms with E-state index in [2.05, 4.69) is 16.4 Å². The third kappa shape index (κ3) is 3.09. The lowest BCUT2D eigenvalue weighted by atomic mass is 9.97. The second-order valence-corrected chi connectivity index (χ2v) is 6.30. The molecule has 0 fully saturated rings. The number of rotatable bonds is 3. The van der Waals surface area contributed by atoms with Crippen LogP contribution in [0.2, 0.25) is 0 Å². The largest absolute Gasteiger partial charge is 0.497 e. The number of benzene rings is 2. The predicted octanol–water partition coefficient (Wildman–Crippen LogP) is 3.17. The molecule has 0 saturated carbocycles. The van der Waals surface area contributed by atoms with Crippen molar-refractivity contribution >= 4 is 33.6 Å². The van der Waals surface area contributed by atoms with Gasteiger partial charge in [-0.25, -0.2) is 0 Å². The smallest absolute Gasteiger partial charge is 0.233 e. The van der Waals surface area contributed by atoms with Gasteiger partial charge in [0.2, 0.25) is 5.91 Å². The molecule has 0 radical (unpaired) electrons. The number of hydrogen-bond donors (Lipinski definition) is 1. The van der Waals surface area contributed by atoms with Gasteiger partial charge in [0.05, 0.1) is 19.6 Å². The van der Waals surface area contributed by atoms with Crippen molar-refractivity contribution in [2.45, 2.75) is 12.8 Å². The van der Waals surface area contributed by atoms with Crippen LogP contribution in [0.4, 0.5) is 0 Å². The van der Waals surface area contributed by atoms with Gasteiger partial charge in [-0.1, -0.05) is 36.0 Å². The summed E-state index contributed by atoms with van der Waals surface area (Å²) < 4.78 is 5.23. The zero-order valence-electron chi connectivity index (χ0n) is 12.6. The Labute approximate surface area is 134 Å². The predicted molar refractivity (Wildman–Crippen MR) is 91.8 cm³/mol. The molecular weight excluding hydrogens is 296 g/mol. The molecule has 1 heterocycles. The molecule has 1 atom stereocenters. The molecule has 0 saturated heterocycles. The van der Waals surface area contributed by atoms with E-state index in [1.54, 1.807) is 18.9 Å². The number of hydrogen-bond acceptors (Lipinski definition) is 4. The molecule has 1 aliphatic heterocycles. The summed E-state index contributed by atoms with van der Waals surface area (Å²) >= 11 is 1.59. The highest BCUT2D eigenvalue weighted by Crippen LogP contribution is 2.25. The molecule has 1 aliphatic rings. The molecule has 22 heavy (non-hydrogen) atoms. The number of aliphatic imine (C=N–C) groups is 1. The van der Waals surface area contributed by atoms with Crippen LogP contribution in [0.15, 0.2) is 41.4 Å². The van der Waals surface area contributed by atoms with Crippen LogP contribution in [0.25, 0.3) is 10.8 Å². The van der Waals surface area contributed by atoms with Crippen molar-refractivity contribution in [2.24, 2.45) is 4.99 Å². The zero-order chi connectivity index (χ0) is 15.5. The normalized spacial score (nSPS) is 15.5. The van der Waals surface area contributed by atoms with Gasteiger partial charge >= 0.3 is 0 Å². The van der Waals surface area contributed by atoms with Crippen LogP contribution in [-0.4, -0.2) is 30.5 Å². The van der Waals surface area contributed by atoms with Crippen molar-refractivity contribution in [1.82, 2.24) is 5.32 Å². The number of fused-ring (bicyclic) bond motifs is 1. The number of ether oxygens (including phenoxy) is 1. The number of amides is 1. The molecule has 2 aromatic rings. The number of carbonyl (C=O) groups is 1. The average molecular weight is 314 g/mol. The Balaban J connectivity index is 1.81. The van der Waals surface area contributed by atoms with Gasteiger partial charge in [-0.05, 0) is 35.4 Å². The highest BCUT2D eigenvalue weighted by Gasteiger charge is 2.18. The van der Waals surface area contributed by atoms with Crippen LogP contribution in [-0.2, 0) is 4.79 Å². The third-order valence-electron chi connectivity index (χ3n) is 3.78. The Kier molecular flexibility index (Phi) is 4.34. The molecule has 2 aromatic carbocycles. The summed E-state index contributed by atoms with van der Waals surface area (Å²) in [4.78, 5) is 16.6. The van der Waals surface area contributed by atoms with Crippen LogP contribution in [0, 0.1) is 0 Å². The molecule has 0 bridgehead atoms. The fourth-order valence-corrected chi connectivity index (χ4v) is 3.15. The Bertz CT molecular complexity index is 743. The van der Waals surface area contributed by atoms with E-state index in [0.29, 0.717) is 0 Å². The van der Waals surface area contributed by atoms with E-state index in [1.165, 1.54) is 0 Å². The lowest BCUT2D eigenvalue weighted by Gasteiger charge is -2.13. The molecule has 114 valence electrons. The van der Waals surface area contributed by atoms with Crippen molar-refractivity contribution in [3.05, 3.63) is 42.0 Å². The minimum absolute atomic E-state index is 0.0130. The fourth-order valence-electron chi connectivity index (χ4n) is 2.41. The third-order valence-corrected chi connectivity index (χ3v) is 4.67. The van der Waals surface area contributed by atoms with Gasteiger partial charge in [0.15, 0.2) is 5.17 Å². The lowest BCUT2D eigenvalue weighted by molar-refractivity contribution is -0.120. The molecular formula is C17H18N2O2S. The fraction of sp³-hybridized carbons (Fsp3) is 0.294. The van der Waals surface area contributed by atoms with E-state index in [-0.39, 0.29) is 11.8 Å². The molecule has 3 rings (SSSR count). The number of methoxy groups -OCH3 is 1. The molecule has 5 heteroatoms. The van der Waals surface area contributed by atoms with Crippen LogP contribution < -0.4 is 10.1 Å². The molecule has 0 spiro atoms. The van der Waals surface area contributed by atoms with E-state index in [0.717, 1.165) is 39.6 Å². The van der Waals surface area contributed by atoms with Gasteiger partial charge in [-0.3, -0.25) is 9.79 Å². The second-order valence-electron chi connectivity index (χ2n) is 5.22. The van der Waals surface area contributed by atoms with Crippen LogP contribution >= 0.6 is 11.8 Å². The Morgan fingerprint density at radius 2 is 2.05 bits per heavy atom. The van der Waals surface area contributed by atoms with Gasteiger partial charge in [-0.2, -0.15) is 0 Å². The second kappa shape index (κ2) is 6.40. The van der Waals surface area contributed by atoms with E-state index < -0.39 is 0 Å². The van der Waals surface area contributed by atoms with E-state index in [1.807, 2.05) is 37.3 Å². The quantitative estimate of drug-likeness (QED) is 0.946. The molecule has 0 aliphatic carbocycles. The van der Waals surface area contributed by atoms with Crippen molar-refractivity contribution in [3.63, 3.8) is 0 Å². The Hall–Kier alpha value is -2.01. The van der Waals surface area contributed by atoms with Gasteiger partial charge < -0.3 is 10.1 Å². The first kappa shape index (κ1) is 14.9. The van der Waals surface area contributed by atoms with Crippen molar-refractivity contribution in [3.8, 4) is 5.75 Å². The summed E-state index contributed by atoms with van der Waals surface area (Å²) in [6, 6.07) is 12.0. The Morgan fingerprint density at radius 3 is 2.77 bits per heavy atom. The molecule has 1 N–H and O–H groups in total. The maximum atomic E-state index is 12.3. The first-order valence-corrected chi connectivity index (χ1v) is 8.22. The topological polar surface area (TPSA) is 50.7 Å². The zero-order valence-corrected chi connectivity index (χ0v) is 13.4. The van der Waals surface area contributed by atoms with Crippen LogP contribution in [0.5, 0.6) is 5.75 Å². The standard InChI is InChI=1S/C17H18N2O2S/c1-11(16(20)19-17-18-7-8-22-17)12-3-4-14-10-15(21-2)6-5-13(14)9-12/h3-6,9-11H,7-8H2,1-2H3,(H,18,19,20). The van der Waals surface area contributed by atoms with Gasteiger partial charge in [0.1, 0.15) is 5.75 Å². The van der Waals surface area contributed by atoms with Crippen LogP contribution in [0.1, 0.15) is 18.4 Å². The van der Waals surface area contributed by atoms with Crippen LogP contribution in [0.3, 0.4) is 0 Å². The van der Waals surface area contributed by atoms with E-state index in [4.69, 9.17) is 4.74 Å². The summed E-state index contributed by atoms with van der Waals surface area (Å²) in [6.07, 6.45) is 0. The maximum Gasteiger partial charge on any atom is 0.233 e. The molecule has 1 amide bonds. The van der Waals surface area contributed by atoms with Crippen molar-refractivity contribution < 1.29 is 9.53 Å². The number of amidine groups is 1. The van der Waals surface area contributed by atoms with E-state index >= 15 is 0 Å². The van der Waals surface area contributed by atoms with Crippen molar-refractivity contribution in [2.75, 3.05) is 19.4 Å². The summed E-state index contributed by atoms with van der Waals surface area (Å²) in [7, 11) is 1.66. The summed E-state index contributed by atoms with van der Waals surface area (Å²) in [6.45, 7) is 2.70. The minimum Gasteiger partial charge on any atom is -0.497 e. The summed E-state index contributed by atoms with van der Waals surface area (Å²) in [5.41, 5.74) is 0.999.